The van der Waals surface area contributed by atoms with Gasteiger partial charge in [0.1, 0.15) is 24.3 Å². The quantitative estimate of drug-likeness (QED) is 0.0291. The van der Waals surface area contributed by atoms with Gasteiger partial charge in [-0.15, -0.1) is 0 Å². The molecule has 0 saturated carbocycles. The molecular formula is C50H64N8O16S. The highest BCUT2D eigenvalue weighted by molar-refractivity contribution is 7.85. The van der Waals surface area contributed by atoms with E-state index >= 15 is 0 Å². The summed E-state index contributed by atoms with van der Waals surface area (Å²) in [4.78, 5) is 86.3. The van der Waals surface area contributed by atoms with E-state index in [9.17, 15) is 37.2 Å². The van der Waals surface area contributed by atoms with Crippen LogP contribution in [0.2, 0.25) is 0 Å². The molecule has 0 radical (unpaired) electrons. The van der Waals surface area contributed by atoms with Gasteiger partial charge in [0.05, 0.1) is 76.8 Å². The van der Waals surface area contributed by atoms with Crippen molar-refractivity contribution in [1.82, 2.24) is 16.0 Å². The lowest BCUT2D eigenvalue weighted by molar-refractivity contribution is -0.144. The van der Waals surface area contributed by atoms with Crippen LogP contribution in [0.1, 0.15) is 81.9 Å². The van der Waals surface area contributed by atoms with Gasteiger partial charge in [-0.1, -0.05) is 103 Å². The zero-order valence-corrected chi connectivity index (χ0v) is 43.4. The number of nitrogens with one attached hydrogen (secondary N) is 3. The first-order valence-corrected chi connectivity index (χ1v) is 24.8. The van der Waals surface area contributed by atoms with E-state index in [2.05, 4.69) is 50.2 Å². The Labute approximate surface area is 436 Å². The Morgan fingerprint density at radius 3 is 1.55 bits per heavy atom. The van der Waals surface area contributed by atoms with Crippen molar-refractivity contribution in [2.75, 3.05) is 47.6 Å². The minimum Gasteiger partial charge on any atom is -0.469 e. The number of ether oxygens (including phenoxy) is 5. The zero-order chi connectivity index (χ0) is 55.8. The van der Waals surface area contributed by atoms with Crippen LogP contribution in [0.3, 0.4) is 0 Å². The third kappa shape index (κ3) is 24.4. The number of methoxy groups -OCH3 is 3. The number of carbonyl (C=O) groups excluding carboxylic acids is 6. The van der Waals surface area contributed by atoms with Crippen LogP contribution in [0, 0.1) is 20.1 Å². The molecule has 0 spiro atoms. The predicted octanol–water partition coefficient (Wildman–Crippen LogP) is 5.85. The number of oxime groups is 2. The molecule has 25 heteroatoms. The lowest BCUT2D eigenvalue weighted by atomic mass is 10.0. The molecule has 2 unspecified atom stereocenters. The molecule has 0 aromatic heterocycles. The minimum absolute atomic E-state index is 0.0183. The summed E-state index contributed by atoms with van der Waals surface area (Å²) in [7, 11) is -0.247. The van der Waals surface area contributed by atoms with Crippen LogP contribution in [0.25, 0.3) is 9.69 Å². The van der Waals surface area contributed by atoms with E-state index in [0.29, 0.717) is 43.0 Å². The van der Waals surface area contributed by atoms with Crippen molar-refractivity contribution < 1.29 is 75.1 Å². The van der Waals surface area contributed by atoms with Gasteiger partial charge in [0.25, 0.3) is 10.1 Å². The Balaban J connectivity index is 0.000000371. The molecule has 0 aliphatic carbocycles. The van der Waals surface area contributed by atoms with Crippen molar-refractivity contribution in [3.63, 3.8) is 0 Å². The zero-order valence-electron chi connectivity index (χ0n) is 42.6. The van der Waals surface area contributed by atoms with E-state index in [1.54, 1.807) is 48.5 Å². The summed E-state index contributed by atoms with van der Waals surface area (Å²) in [6.45, 7) is 20.1. The Kier molecular flexibility index (Phi) is 28.8. The van der Waals surface area contributed by atoms with E-state index < -0.39 is 52.4 Å². The minimum atomic E-state index is -4.02. The average Bonchev–Trinajstić information content (AvgIpc) is 4.09. The molecule has 2 aliphatic heterocycles. The number of esters is 3. The van der Waals surface area contributed by atoms with Crippen molar-refractivity contribution in [3.8, 4) is 0 Å². The molecular weight excluding hydrogens is 1000 g/mol. The highest BCUT2D eigenvalue weighted by Gasteiger charge is 2.28. The number of benzene rings is 3. The predicted molar refractivity (Wildman–Crippen MR) is 272 cm³/mol. The summed E-state index contributed by atoms with van der Waals surface area (Å²) in [6.07, 6.45) is 2.44. The number of rotatable bonds is 20. The number of alkyl carbamates (subject to hydrolysis) is 2. The monoisotopic (exact) mass is 1060 g/mol. The highest BCUT2D eigenvalue weighted by atomic mass is 32.2. The van der Waals surface area contributed by atoms with Gasteiger partial charge in [-0.3, -0.25) is 14.1 Å². The number of unbranched alkanes of at least 4 members (excludes halogenated alkanes) is 2. The lowest BCUT2D eigenvalue weighted by Crippen LogP contribution is -2.49. The maximum atomic E-state index is 12.3. The molecule has 2 aliphatic rings. The molecule has 2 heterocycles. The summed E-state index contributed by atoms with van der Waals surface area (Å²) >= 11 is 0. The first-order valence-electron chi connectivity index (χ1n) is 23.4. The van der Waals surface area contributed by atoms with Crippen LogP contribution >= 0.6 is 0 Å². The van der Waals surface area contributed by atoms with Crippen molar-refractivity contribution in [3.05, 3.63) is 112 Å². The Bertz CT molecular complexity index is 2580. The first kappa shape index (κ1) is 63.0. The second-order valence-corrected chi connectivity index (χ2v) is 17.4. The molecule has 3 aromatic carbocycles. The molecule has 0 bridgehead atoms. The summed E-state index contributed by atoms with van der Waals surface area (Å²) < 4.78 is 53.0. The van der Waals surface area contributed by atoms with Crippen molar-refractivity contribution in [2.24, 2.45) is 16.0 Å². The molecule has 4 atom stereocenters. The van der Waals surface area contributed by atoms with E-state index in [1.807, 2.05) is 32.9 Å². The van der Waals surface area contributed by atoms with E-state index in [1.165, 1.54) is 33.5 Å². The number of amides is 3. The fourth-order valence-corrected chi connectivity index (χ4v) is 6.51. The molecule has 24 nitrogen and oxygen atoms in total. The van der Waals surface area contributed by atoms with Gasteiger partial charge in [0, 0.05) is 25.9 Å². The van der Waals surface area contributed by atoms with Crippen LogP contribution in [-0.2, 0) is 62.7 Å². The standard InChI is InChI=1S/C21H26N4O6.C13H12N2O3.C9H18N2O4.C7H8O3S/c1-4-5-10-30-21(28)24-18(20(27)29-3)13-23-19(26)12-16-11-17(25-31-16)14-6-8-15(22-2)9-7-14;1-14-10-5-3-9(4-6-10)12-7-11(18-15-12)8-13(16)17-2;1-3-4-5-15-9(13)11-7(6-10)8(12)14-2;1-6-2-4-7(5-3-6)11(8,9)10/h6-9,16,18H,4-5,10-13H2,1,3H3,(H,23,26)(H,24,28);3-6,11H,7-8H2,2H3;7H,3-6,10H2,1-2H3,(H,11,13);2-5H,1H3,(H,8,9,10)/t16?,18-;;7-;/m0.0./s1. The molecule has 3 amide bonds. The maximum absolute atomic E-state index is 12.3. The Morgan fingerprint density at radius 2 is 1.15 bits per heavy atom. The number of hydrogen-bond donors (Lipinski definition) is 5. The van der Waals surface area contributed by atoms with Crippen molar-refractivity contribution >= 4 is 68.9 Å². The van der Waals surface area contributed by atoms with Crippen LogP contribution in [0.15, 0.2) is 88.0 Å². The molecule has 6 N–H and O–H groups in total. The molecule has 75 heavy (non-hydrogen) atoms. The van der Waals surface area contributed by atoms with Gasteiger partial charge in [0.2, 0.25) is 5.91 Å². The number of nitrogens with two attached hydrogens (primary N) is 1. The highest BCUT2D eigenvalue weighted by Crippen LogP contribution is 2.23. The molecule has 3 aromatic rings. The lowest BCUT2D eigenvalue weighted by Gasteiger charge is -2.17. The summed E-state index contributed by atoms with van der Waals surface area (Å²) in [5.74, 6) is -1.94. The number of nitrogens with zero attached hydrogens (tertiary/aromatic N) is 4. The van der Waals surface area contributed by atoms with E-state index in [0.717, 1.165) is 41.7 Å². The maximum Gasteiger partial charge on any atom is 0.407 e. The second kappa shape index (κ2) is 34.3. The summed E-state index contributed by atoms with van der Waals surface area (Å²) in [6, 6.07) is 18.2. The first-order chi connectivity index (χ1) is 35.8. The van der Waals surface area contributed by atoms with Gasteiger partial charge >= 0.3 is 30.1 Å². The Morgan fingerprint density at radius 1 is 0.707 bits per heavy atom. The number of aryl methyl sites for hydroxylation is 1. The van der Waals surface area contributed by atoms with Crippen LogP contribution in [-0.4, -0.2) is 132 Å². The fraction of sp³-hybridized carbons (Fsp3) is 0.440. The number of carbonyl (C=O) groups is 6. The fourth-order valence-electron chi connectivity index (χ4n) is 6.03. The second-order valence-electron chi connectivity index (χ2n) is 16.0. The normalized spacial score (nSPS) is 14.7. The summed E-state index contributed by atoms with van der Waals surface area (Å²) in [5.41, 5.74) is 10.6. The molecule has 0 saturated heterocycles. The largest absolute Gasteiger partial charge is 0.469 e. The summed E-state index contributed by atoms with van der Waals surface area (Å²) in [5, 5.41) is 15.3. The molecule has 5 rings (SSSR count). The molecule has 0 fully saturated rings. The van der Waals surface area contributed by atoms with Gasteiger partial charge < -0.3 is 55.0 Å². The van der Waals surface area contributed by atoms with Crippen LogP contribution in [0.5, 0.6) is 0 Å². The van der Waals surface area contributed by atoms with Crippen LogP contribution in [0.4, 0.5) is 21.0 Å². The number of hydrogen-bond acceptors (Lipinski definition) is 18. The van der Waals surface area contributed by atoms with Gasteiger partial charge in [0.15, 0.2) is 11.4 Å². The SMILES string of the molecule is CCCCOC(=O)N[C@@H](CN)C(=O)OC.Cc1ccc(S(=O)(=O)O)cc1.[C-]#[N+]c1ccc(C2=NOC(CC(=O)NC[C@H](NC(=O)OCCCC)C(=O)OC)C2)cc1.[C-]#[N+]c1ccc(C2=NOC(CC(=O)OC)C2)cc1. The third-order valence-electron chi connectivity index (χ3n) is 10.2. The van der Waals surface area contributed by atoms with Gasteiger partial charge in [-0.2, -0.15) is 8.42 Å². The topological polar surface area (TPSA) is 317 Å². The third-order valence-corrected chi connectivity index (χ3v) is 11.1. The smallest absolute Gasteiger partial charge is 0.407 e. The molecule has 406 valence electrons. The van der Waals surface area contributed by atoms with Crippen molar-refractivity contribution in [1.29, 1.82) is 0 Å². The van der Waals surface area contributed by atoms with E-state index in [4.69, 9.17) is 42.6 Å². The van der Waals surface area contributed by atoms with Gasteiger partial charge in [-0.05, 0) is 43.0 Å². The Hall–Kier alpha value is -8.13. The van der Waals surface area contributed by atoms with Crippen molar-refractivity contribution in [2.45, 2.75) is 101 Å². The van der Waals surface area contributed by atoms with Gasteiger partial charge in [-0.25, -0.2) is 28.9 Å². The van der Waals surface area contributed by atoms with Crippen LogP contribution < -0.4 is 21.7 Å². The van der Waals surface area contributed by atoms with E-state index in [-0.39, 0.29) is 55.4 Å². The average molecular weight is 1070 g/mol.